The summed E-state index contributed by atoms with van der Waals surface area (Å²) in [7, 11) is 0. The summed E-state index contributed by atoms with van der Waals surface area (Å²) in [5.41, 5.74) is 1.26. The van der Waals surface area contributed by atoms with E-state index in [4.69, 9.17) is 0 Å². The largest absolute Gasteiger partial charge is 0.480 e. The Morgan fingerprint density at radius 2 is 2.00 bits per heavy atom. The quantitative estimate of drug-likeness (QED) is 0.820. The Morgan fingerprint density at radius 1 is 1.24 bits per heavy atom. The number of nitrogens with zero attached hydrogens (tertiary/aromatic N) is 1. The number of carboxylic acids is 1. The highest BCUT2D eigenvalue weighted by molar-refractivity contribution is 7.99. The topological polar surface area (TPSA) is 57.6 Å². The van der Waals surface area contributed by atoms with Crippen LogP contribution in [0.15, 0.2) is 30.3 Å². The molecule has 0 saturated carbocycles. The van der Waals surface area contributed by atoms with Crippen molar-refractivity contribution in [2.45, 2.75) is 31.7 Å². The molecule has 1 N–H and O–H groups in total. The van der Waals surface area contributed by atoms with E-state index in [9.17, 15) is 14.7 Å². The van der Waals surface area contributed by atoms with Crippen molar-refractivity contribution < 1.29 is 14.7 Å². The van der Waals surface area contributed by atoms with E-state index in [-0.39, 0.29) is 5.91 Å². The minimum absolute atomic E-state index is 0.0415. The number of carbonyl (C=O) groups excluding carboxylic acids is 1. The summed E-state index contributed by atoms with van der Waals surface area (Å²) in [6.45, 7) is 0.578. The summed E-state index contributed by atoms with van der Waals surface area (Å²) < 4.78 is 0. The van der Waals surface area contributed by atoms with Gasteiger partial charge >= 0.3 is 5.97 Å². The van der Waals surface area contributed by atoms with E-state index < -0.39 is 12.0 Å². The molecule has 1 fully saturated rings. The molecule has 1 heterocycles. The lowest BCUT2D eigenvalue weighted by Gasteiger charge is -2.32. The molecule has 0 bridgehead atoms. The molecule has 2 rings (SSSR count). The molecule has 114 valence electrons. The van der Waals surface area contributed by atoms with Gasteiger partial charge in [-0.05, 0) is 37.0 Å². The Balaban J connectivity index is 1.74. The van der Waals surface area contributed by atoms with Crippen LogP contribution in [0.25, 0.3) is 0 Å². The number of piperidine rings is 1. The number of likely N-dealkylation sites (tertiary alicyclic amines) is 1. The maximum Gasteiger partial charge on any atom is 0.326 e. The lowest BCUT2D eigenvalue weighted by molar-refractivity contribution is -0.150. The lowest BCUT2D eigenvalue weighted by atomic mass is 10.0. The molecule has 1 aliphatic heterocycles. The van der Waals surface area contributed by atoms with Crippen LogP contribution in [-0.4, -0.2) is 46.0 Å². The van der Waals surface area contributed by atoms with E-state index >= 15 is 0 Å². The Bertz CT molecular complexity index is 478. The van der Waals surface area contributed by atoms with E-state index in [1.54, 1.807) is 16.7 Å². The second-order valence-corrected chi connectivity index (χ2v) is 6.33. The van der Waals surface area contributed by atoms with Gasteiger partial charge in [-0.3, -0.25) is 4.79 Å². The van der Waals surface area contributed by atoms with Gasteiger partial charge in [0.2, 0.25) is 5.91 Å². The number of rotatable bonds is 6. The predicted octanol–water partition coefficient (Wildman–Crippen LogP) is 2.43. The number of benzene rings is 1. The Labute approximate surface area is 129 Å². The average molecular weight is 307 g/mol. The smallest absolute Gasteiger partial charge is 0.326 e. The number of carbonyl (C=O) groups is 2. The van der Waals surface area contributed by atoms with Crippen molar-refractivity contribution in [2.24, 2.45) is 0 Å². The second kappa shape index (κ2) is 8.08. The summed E-state index contributed by atoms with van der Waals surface area (Å²) in [4.78, 5) is 24.9. The van der Waals surface area contributed by atoms with Crippen molar-refractivity contribution in [1.82, 2.24) is 4.90 Å². The molecule has 0 unspecified atom stereocenters. The van der Waals surface area contributed by atoms with Crippen LogP contribution in [0.1, 0.15) is 24.8 Å². The van der Waals surface area contributed by atoms with Gasteiger partial charge in [-0.1, -0.05) is 30.3 Å². The fraction of sp³-hybridized carbons (Fsp3) is 0.500. The first-order valence-electron chi connectivity index (χ1n) is 7.32. The van der Waals surface area contributed by atoms with Gasteiger partial charge in [0.15, 0.2) is 0 Å². The fourth-order valence-electron chi connectivity index (χ4n) is 2.56. The van der Waals surface area contributed by atoms with Gasteiger partial charge in [0.25, 0.3) is 0 Å². The zero-order chi connectivity index (χ0) is 15.1. The van der Waals surface area contributed by atoms with E-state index in [1.165, 1.54) is 5.56 Å². The highest BCUT2D eigenvalue weighted by Crippen LogP contribution is 2.19. The molecule has 1 amide bonds. The van der Waals surface area contributed by atoms with Gasteiger partial charge in [-0.2, -0.15) is 11.8 Å². The number of thioether (sulfide) groups is 1. The third kappa shape index (κ3) is 4.77. The van der Waals surface area contributed by atoms with Crippen molar-refractivity contribution in [2.75, 3.05) is 18.1 Å². The normalized spacial score (nSPS) is 18.5. The molecular formula is C16H21NO3S. The van der Waals surface area contributed by atoms with Crippen LogP contribution in [-0.2, 0) is 16.0 Å². The lowest BCUT2D eigenvalue weighted by Crippen LogP contribution is -2.48. The molecule has 1 atom stereocenters. The summed E-state index contributed by atoms with van der Waals surface area (Å²) in [6.07, 6.45) is 3.31. The van der Waals surface area contributed by atoms with E-state index in [1.807, 2.05) is 18.2 Å². The Kier molecular flexibility index (Phi) is 6.11. The van der Waals surface area contributed by atoms with Crippen molar-refractivity contribution in [1.29, 1.82) is 0 Å². The first-order valence-corrected chi connectivity index (χ1v) is 8.48. The monoisotopic (exact) mass is 307 g/mol. The number of hydrogen-bond acceptors (Lipinski definition) is 3. The predicted molar refractivity (Wildman–Crippen MR) is 84.5 cm³/mol. The fourth-order valence-corrected chi connectivity index (χ4v) is 3.43. The molecule has 5 heteroatoms. The van der Waals surface area contributed by atoms with Gasteiger partial charge in [-0.15, -0.1) is 0 Å². The van der Waals surface area contributed by atoms with Crippen molar-refractivity contribution >= 4 is 23.6 Å². The Hall–Kier alpha value is -1.49. The zero-order valence-electron chi connectivity index (χ0n) is 12.0. The summed E-state index contributed by atoms with van der Waals surface area (Å²) in [5.74, 6) is 0.329. The second-order valence-electron chi connectivity index (χ2n) is 5.23. The van der Waals surface area contributed by atoms with E-state index in [0.717, 1.165) is 25.0 Å². The molecule has 0 aromatic heterocycles. The van der Waals surface area contributed by atoms with Crippen LogP contribution in [0.4, 0.5) is 0 Å². The van der Waals surface area contributed by atoms with Crippen LogP contribution < -0.4 is 0 Å². The summed E-state index contributed by atoms with van der Waals surface area (Å²) in [5, 5.41) is 9.18. The van der Waals surface area contributed by atoms with Gasteiger partial charge in [0.05, 0.1) is 5.75 Å². The third-order valence-electron chi connectivity index (χ3n) is 3.71. The zero-order valence-corrected chi connectivity index (χ0v) is 12.8. The van der Waals surface area contributed by atoms with Crippen LogP contribution in [0.3, 0.4) is 0 Å². The number of aliphatic carboxylic acids is 1. The minimum atomic E-state index is -0.877. The maximum absolute atomic E-state index is 12.2. The van der Waals surface area contributed by atoms with Crippen LogP contribution in [0.2, 0.25) is 0 Å². The summed E-state index contributed by atoms with van der Waals surface area (Å²) in [6, 6.07) is 9.54. The molecule has 1 aliphatic rings. The van der Waals surface area contributed by atoms with E-state index in [2.05, 4.69) is 12.1 Å². The molecule has 1 aromatic rings. The molecule has 0 radical (unpaired) electrons. The first-order chi connectivity index (χ1) is 10.2. The number of amides is 1. The van der Waals surface area contributed by atoms with Crippen LogP contribution in [0.5, 0.6) is 0 Å². The standard InChI is InChI=1S/C16H21NO3S/c18-15(17-10-5-4-8-14(17)16(19)20)12-21-11-9-13-6-2-1-3-7-13/h1-3,6-7,14H,4-5,8-12H2,(H,19,20)/t14-/m0/s1. The number of carboxylic acid groups (broad SMARTS) is 1. The van der Waals surface area contributed by atoms with Crippen molar-refractivity contribution in [3.63, 3.8) is 0 Å². The molecule has 1 aromatic carbocycles. The van der Waals surface area contributed by atoms with Gasteiger partial charge in [0.1, 0.15) is 6.04 Å². The Morgan fingerprint density at radius 3 is 2.71 bits per heavy atom. The van der Waals surface area contributed by atoms with E-state index in [0.29, 0.717) is 18.7 Å². The third-order valence-corrected chi connectivity index (χ3v) is 4.66. The van der Waals surface area contributed by atoms with Crippen molar-refractivity contribution in [3.05, 3.63) is 35.9 Å². The highest BCUT2D eigenvalue weighted by atomic mass is 32.2. The van der Waals surface area contributed by atoms with Gasteiger partial charge in [-0.25, -0.2) is 4.79 Å². The first kappa shape index (κ1) is 15.9. The SMILES string of the molecule is O=C(O)[C@@H]1CCCCN1C(=O)CSCCc1ccccc1. The molecule has 0 aliphatic carbocycles. The molecule has 1 saturated heterocycles. The highest BCUT2D eigenvalue weighted by Gasteiger charge is 2.31. The van der Waals surface area contributed by atoms with Gasteiger partial charge < -0.3 is 10.0 Å². The average Bonchev–Trinajstić information content (AvgIpc) is 2.52. The van der Waals surface area contributed by atoms with Crippen LogP contribution in [0, 0.1) is 0 Å². The van der Waals surface area contributed by atoms with Crippen molar-refractivity contribution in [3.8, 4) is 0 Å². The molecular weight excluding hydrogens is 286 g/mol. The number of hydrogen-bond donors (Lipinski definition) is 1. The van der Waals surface area contributed by atoms with Crippen LogP contribution >= 0.6 is 11.8 Å². The molecule has 4 nitrogen and oxygen atoms in total. The maximum atomic E-state index is 12.2. The van der Waals surface area contributed by atoms with Gasteiger partial charge in [0, 0.05) is 6.54 Å². The number of aryl methyl sites for hydroxylation is 1. The molecule has 0 spiro atoms. The summed E-state index contributed by atoms with van der Waals surface area (Å²) >= 11 is 1.58. The minimum Gasteiger partial charge on any atom is -0.480 e. The molecule has 21 heavy (non-hydrogen) atoms.